The van der Waals surface area contributed by atoms with E-state index in [1.807, 2.05) is 0 Å². The fourth-order valence-corrected chi connectivity index (χ4v) is 0.840. The molecule has 0 aromatic heterocycles. The average Bonchev–Trinajstić information content (AvgIpc) is 2.34. The van der Waals surface area contributed by atoms with Crippen molar-refractivity contribution in [3.63, 3.8) is 0 Å². The number of carbonyl (C=O) groups excluding carboxylic acids is 1. The van der Waals surface area contributed by atoms with Gasteiger partial charge >= 0.3 is 11.9 Å². The number of phenolic OH excluding ortho intramolecular Hbond substituents is 3. The lowest BCUT2D eigenvalue weighted by molar-refractivity contribution is -0.131. The minimum Gasteiger partial charge on any atom is -0.504 e. The van der Waals surface area contributed by atoms with Crippen LogP contribution < -0.4 is 0 Å². The van der Waals surface area contributed by atoms with E-state index in [0.29, 0.717) is 0 Å². The van der Waals surface area contributed by atoms with Crippen LogP contribution in [0.1, 0.15) is 10.4 Å². The highest BCUT2D eigenvalue weighted by atomic mass is 16.5. The zero-order valence-electron chi connectivity index (χ0n) is 9.45. The zero-order valence-corrected chi connectivity index (χ0v) is 9.45. The highest BCUT2D eigenvalue weighted by Gasteiger charge is 2.13. The molecule has 0 fully saturated rings. The quantitative estimate of drug-likeness (QED) is 0.351. The Bertz CT molecular complexity index is 441. The second-order valence-corrected chi connectivity index (χ2v) is 2.90. The third-order valence-corrected chi connectivity index (χ3v) is 1.67. The molecule has 0 bridgehead atoms. The molecule has 1 aromatic carbocycles. The summed E-state index contributed by atoms with van der Waals surface area (Å²) >= 11 is 0. The van der Waals surface area contributed by atoms with Crippen molar-refractivity contribution < 1.29 is 34.8 Å². The van der Waals surface area contributed by atoms with E-state index < -0.39 is 29.2 Å². The maximum absolute atomic E-state index is 10.9. The first-order chi connectivity index (χ1) is 8.33. The van der Waals surface area contributed by atoms with Gasteiger partial charge in [0.25, 0.3) is 0 Å². The number of carboxylic acids is 1. The van der Waals surface area contributed by atoms with Crippen LogP contribution in [0.15, 0.2) is 24.8 Å². The molecule has 0 radical (unpaired) electrons. The molecule has 0 aliphatic rings. The van der Waals surface area contributed by atoms with E-state index in [-0.39, 0.29) is 5.56 Å². The molecule has 1 rings (SSSR count). The molecule has 7 heteroatoms. The molecule has 0 atom stereocenters. The second-order valence-electron chi connectivity index (χ2n) is 2.90. The standard InChI is InChI=1S/C8H8O5.C3H4O2/c1-13-8(12)4-2-5(9)7(11)6(10)3-4;1-2-3(4)5/h2-3,9-11H,1H3;2H,1H2,(H,4,5). The molecule has 0 amide bonds. The molecule has 0 unspecified atom stereocenters. The fraction of sp³-hybridized carbons (Fsp3) is 0.0909. The van der Waals surface area contributed by atoms with Gasteiger partial charge in [0.15, 0.2) is 17.2 Å². The van der Waals surface area contributed by atoms with Gasteiger partial charge in [0.1, 0.15) is 0 Å². The minimum atomic E-state index is -0.981. The predicted molar refractivity (Wildman–Crippen MR) is 60.6 cm³/mol. The third-order valence-electron chi connectivity index (χ3n) is 1.67. The SMILES string of the molecule is C=CC(=O)O.COC(=O)c1cc(O)c(O)c(O)c1. The van der Waals surface area contributed by atoms with E-state index in [0.717, 1.165) is 18.2 Å². The van der Waals surface area contributed by atoms with Crippen molar-refractivity contribution in [1.82, 2.24) is 0 Å². The zero-order chi connectivity index (χ0) is 14.3. The average molecular weight is 256 g/mol. The van der Waals surface area contributed by atoms with Gasteiger partial charge in [-0.25, -0.2) is 9.59 Å². The minimum absolute atomic E-state index is 0.0321. The monoisotopic (exact) mass is 256 g/mol. The fourth-order valence-electron chi connectivity index (χ4n) is 0.840. The molecular formula is C11H12O7. The van der Waals surface area contributed by atoms with E-state index in [9.17, 15) is 9.59 Å². The van der Waals surface area contributed by atoms with Gasteiger partial charge in [-0.05, 0) is 12.1 Å². The number of phenols is 3. The Hall–Kier alpha value is -2.70. The molecule has 18 heavy (non-hydrogen) atoms. The molecule has 0 spiro atoms. The summed E-state index contributed by atoms with van der Waals surface area (Å²) in [6, 6.07) is 2.00. The van der Waals surface area contributed by atoms with Crippen LogP contribution in [0.4, 0.5) is 0 Å². The number of hydrogen-bond donors (Lipinski definition) is 4. The number of aliphatic carboxylic acids is 1. The number of aromatic hydroxyl groups is 3. The first-order valence-electron chi connectivity index (χ1n) is 4.52. The van der Waals surface area contributed by atoms with Crippen LogP contribution in [0.5, 0.6) is 17.2 Å². The number of ether oxygens (including phenoxy) is 1. The van der Waals surface area contributed by atoms with Crippen molar-refractivity contribution in [3.8, 4) is 17.2 Å². The van der Waals surface area contributed by atoms with E-state index in [1.54, 1.807) is 0 Å². The summed E-state index contributed by atoms with van der Waals surface area (Å²) in [5.74, 6) is -3.48. The number of esters is 1. The topological polar surface area (TPSA) is 124 Å². The van der Waals surface area contributed by atoms with Crippen molar-refractivity contribution in [2.75, 3.05) is 7.11 Å². The summed E-state index contributed by atoms with van der Waals surface area (Å²) in [6.45, 7) is 2.96. The molecule has 0 aliphatic carbocycles. The summed E-state index contributed by atoms with van der Waals surface area (Å²) < 4.78 is 4.34. The molecule has 0 heterocycles. The van der Waals surface area contributed by atoms with Crippen molar-refractivity contribution in [2.24, 2.45) is 0 Å². The van der Waals surface area contributed by atoms with Gasteiger partial charge in [-0.3, -0.25) is 0 Å². The van der Waals surface area contributed by atoms with Gasteiger partial charge in [-0.2, -0.15) is 0 Å². The molecule has 1 aromatic rings. The van der Waals surface area contributed by atoms with Crippen molar-refractivity contribution in [3.05, 3.63) is 30.4 Å². The Morgan fingerprint density at radius 3 is 1.89 bits per heavy atom. The van der Waals surface area contributed by atoms with Gasteiger partial charge in [0.05, 0.1) is 12.7 Å². The Morgan fingerprint density at radius 2 is 1.61 bits per heavy atom. The lowest BCUT2D eigenvalue weighted by atomic mass is 10.2. The number of rotatable bonds is 2. The Morgan fingerprint density at radius 1 is 1.22 bits per heavy atom. The molecule has 0 saturated heterocycles. The van der Waals surface area contributed by atoms with Crippen LogP contribution in [0.2, 0.25) is 0 Å². The van der Waals surface area contributed by atoms with Crippen LogP contribution >= 0.6 is 0 Å². The van der Waals surface area contributed by atoms with Crippen LogP contribution in [-0.4, -0.2) is 39.5 Å². The molecule has 0 saturated carbocycles. The van der Waals surface area contributed by atoms with Crippen molar-refractivity contribution in [2.45, 2.75) is 0 Å². The first kappa shape index (κ1) is 15.3. The van der Waals surface area contributed by atoms with Gasteiger partial charge in [0, 0.05) is 6.08 Å². The van der Waals surface area contributed by atoms with Crippen molar-refractivity contribution >= 4 is 11.9 Å². The van der Waals surface area contributed by atoms with E-state index in [4.69, 9.17) is 20.4 Å². The van der Waals surface area contributed by atoms with Crippen LogP contribution in [0.25, 0.3) is 0 Å². The van der Waals surface area contributed by atoms with E-state index >= 15 is 0 Å². The molecular weight excluding hydrogens is 244 g/mol. The third kappa shape index (κ3) is 4.44. The van der Waals surface area contributed by atoms with Gasteiger partial charge in [-0.15, -0.1) is 0 Å². The Balaban J connectivity index is 0.000000494. The summed E-state index contributed by atoms with van der Waals surface area (Å²) in [4.78, 5) is 20.2. The van der Waals surface area contributed by atoms with Crippen LogP contribution in [0, 0.1) is 0 Å². The second kappa shape index (κ2) is 6.79. The van der Waals surface area contributed by atoms with Gasteiger partial charge in [0.2, 0.25) is 0 Å². The lowest BCUT2D eigenvalue weighted by Crippen LogP contribution is -2.00. The largest absolute Gasteiger partial charge is 0.504 e. The van der Waals surface area contributed by atoms with E-state index in [1.165, 1.54) is 7.11 Å². The number of carboxylic acid groups (broad SMARTS) is 1. The van der Waals surface area contributed by atoms with Crippen LogP contribution in [0.3, 0.4) is 0 Å². The number of methoxy groups -OCH3 is 1. The maximum Gasteiger partial charge on any atom is 0.338 e. The highest BCUT2D eigenvalue weighted by Crippen LogP contribution is 2.35. The predicted octanol–water partition coefficient (Wildman–Crippen LogP) is 0.847. The molecule has 7 nitrogen and oxygen atoms in total. The summed E-state index contributed by atoms with van der Waals surface area (Å²) in [6.07, 6.45) is 0.833. The molecule has 0 aliphatic heterocycles. The van der Waals surface area contributed by atoms with Gasteiger partial charge in [-0.1, -0.05) is 6.58 Å². The molecule has 4 N–H and O–H groups in total. The maximum atomic E-state index is 10.9. The van der Waals surface area contributed by atoms with E-state index in [2.05, 4.69) is 11.3 Å². The van der Waals surface area contributed by atoms with Crippen LogP contribution in [-0.2, 0) is 9.53 Å². The lowest BCUT2D eigenvalue weighted by Gasteiger charge is -2.03. The molecule has 98 valence electrons. The Labute approximate surface area is 102 Å². The van der Waals surface area contributed by atoms with Crippen molar-refractivity contribution in [1.29, 1.82) is 0 Å². The normalized spacial score (nSPS) is 8.72. The number of benzene rings is 1. The highest BCUT2D eigenvalue weighted by molar-refractivity contribution is 5.90. The summed E-state index contributed by atoms with van der Waals surface area (Å²) in [7, 11) is 1.17. The number of carbonyl (C=O) groups is 2. The first-order valence-corrected chi connectivity index (χ1v) is 4.52. The van der Waals surface area contributed by atoms with Gasteiger partial charge < -0.3 is 25.2 Å². The number of hydrogen-bond acceptors (Lipinski definition) is 6. The summed E-state index contributed by atoms with van der Waals surface area (Å²) in [5.41, 5.74) is -0.0321. The summed E-state index contributed by atoms with van der Waals surface area (Å²) in [5, 5.41) is 34.6. The Kier molecular flexibility index (Phi) is 5.77. The smallest absolute Gasteiger partial charge is 0.338 e.